The smallest absolute Gasteiger partial charge is 0.334 e. The SMILES string of the molecule is CC(=O)N(C)C1CCC(c2cccc(F)c2F)CN(CC(F)(F)F)C1=O. The van der Waals surface area contributed by atoms with Crippen molar-refractivity contribution in [3.63, 3.8) is 0 Å². The molecule has 1 fully saturated rings. The summed E-state index contributed by atoms with van der Waals surface area (Å²) < 4.78 is 66.3. The second kappa shape index (κ2) is 7.59. The third-order valence-electron chi connectivity index (χ3n) is 4.58. The van der Waals surface area contributed by atoms with Gasteiger partial charge in [0.15, 0.2) is 11.6 Å². The van der Waals surface area contributed by atoms with E-state index in [0.717, 1.165) is 11.0 Å². The molecule has 0 aliphatic carbocycles. The molecule has 1 saturated heterocycles. The van der Waals surface area contributed by atoms with Crippen LogP contribution in [0.15, 0.2) is 18.2 Å². The van der Waals surface area contributed by atoms with Crippen molar-refractivity contribution >= 4 is 11.8 Å². The van der Waals surface area contributed by atoms with E-state index in [2.05, 4.69) is 0 Å². The number of hydrogen-bond donors (Lipinski definition) is 0. The summed E-state index contributed by atoms with van der Waals surface area (Å²) in [6.45, 7) is -0.710. The van der Waals surface area contributed by atoms with Crippen molar-refractivity contribution in [2.45, 2.75) is 37.9 Å². The number of rotatable bonds is 3. The van der Waals surface area contributed by atoms with Crippen LogP contribution in [0.1, 0.15) is 31.2 Å². The summed E-state index contributed by atoms with van der Waals surface area (Å²) in [6.07, 6.45) is -4.45. The van der Waals surface area contributed by atoms with Crippen LogP contribution in [0.2, 0.25) is 0 Å². The van der Waals surface area contributed by atoms with E-state index in [9.17, 15) is 31.5 Å². The van der Waals surface area contributed by atoms with Crippen LogP contribution in [0.3, 0.4) is 0 Å². The van der Waals surface area contributed by atoms with E-state index in [1.54, 1.807) is 0 Å². The molecule has 0 radical (unpaired) electrons. The Bertz CT molecular complexity index is 692. The number of likely N-dealkylation sites (N-methyl/N-ethyl adjacent to an activating group) is 1. The van der Waals surface area contributed by atoms with E-state index in [4.69, 9.17) is 0 Å². The van der Waals surface area contributed by atoms with Crippen LogP contribution in [-0.2, 0) is 9.59 Å². The predicted octanol–water partition coefficient (Wildman–Crippen LogP) is 3.08. The van der Waals surface area contributed by atoms with E-state index in [1.165, 1.54) is 26.1 Å². The molecule has 0 N–H and O–H groups in total. The van der Waals surface area contributed by atoms with Crippen LogP contribution < -0.4 is 0 Å². The second-order valence-corrected chi connectivity index (χ2v) is 6.40. The quantitative estimate of drug-likeness (QED) is 0.759. The Morgan fingerprint density at radius 1 is 1.27 bits per heavy atom. The largest absolute Gasteiger partial charge is 0.406 e. The van der Waals surface area contributed by atoms with Gasteiger partial charge in [-0.15, -0.1) is 0 Å². The van der Waals surface area contributed by atoms with Gasteiger partial charge in [0.25, 0.3) is 0 Å². The highest BCUT2D eigenvalue weighted by molar-refractivity contribution is 5.87. The Morgan fingerprint density at radius 3 is 2.50 bits per heavy atom. The summed E-state index contributed by atoms with van der Waals surface area (Å²) in [7, 11) is 1.33. The number of nitrogens with zero attached hydrogens (tertiary/aromatic N) is 2. The van der Waals surface area contributed by atoms with Crippen molar-refractivity contribution in [1.82, 2.24) is 9.80 Å². The lowest BCUT2D eigenvalue weighted by atomic mass is 9.93. The molecule has 1 aromatic carbocycles. The lowest BCUT2D eigenvalue weighted by Crippen LogP contribution is -2.50. The molecule has 2 amide bonds. The highest BCUT2D eigenvalue weighted by atomic mass is 19.4. The van der Waals surface area contributed by atoms with Gasteiger partial charge in [-0.05, 0) is 24.5 Å². The summed E-state index contributed by atoms with van der Waals surface area (Å²) in [5.74, 6) is -4.35. The third-order valence-corrected chi connectivity index (χ3v) is 4.58. The van der Waals surface area contributed by atoms with E-state index >= 15 is 0 Å². The summed E-state index contributed by atoms with van der Waals surface area (Å²) in [5, 5.41) is 0. The molecule has 1 aliphatic heterocycles. The zero-order chi connectivity index (χ0) is 19.6. The molecule has 0 saturated carbocycles. The molecule has 0 spiro atoms. The van der Waals surface area contributed by atoms with Gasteiger partial charge in [0.05, 0.1) is 0 Å². The molecule has 0 bridgehead atoms. The van der Waals surface area contributed by atoms with Crippen molar-refractivity contribution in [2.75, 3.05) is 20.1 Å². The molecule has 0 aromatic heterocycles. The Balaban J connectivity index is 2.38. The van der Waals surface area contributed by atoms with Crippen LogP contribution in [0.4, 0.5) is 22.0 Å². The monoisotopic (exact) mass is 378 g/mol. The van der Waals surface area contributed by atoms with Gasteiger partial charge in [0.1, 0.15) is 12.6 Å². The molecule has 1 aliphatic rings. The number of carbonyl (C=O) groups excluding carboxylic acids is 2. The van der Waals surface area contributed by atoms with Crippen molar-refractivity contribution in [3.05, 3.63) is 35.4 Å². The van der Waals surface area contributed by atoms with E-state index in [1.807, 2.05) is 0 Å². The maximum absolute atomic E-state index is 14.1. The molecule has 144 valence electrons. The van der Waals surface area contributed by atoms with Gasteiger partial charge in [-0.3, -0.25) is 9.59 Å². The minimum atomic E-state index is -4.65. The minimum Gasteiger partial charge on any atom is -0.334 e. The molecule has 26 heavy (non-hydrogen) atoms. The second-order valence-electron chi connectivity index (χ2n) is 6.40. The van der Waals surface area contributed by atoms with Gasteiger partial charge >= 0.3 is 6.18 Å². The fraction of sp³-hybridized carbons (Fsp3) is 0.529. The number of benzene rings is 1. The maximum Gasteiger partial charge on any atom is 0.406 e. The lowest BCUT2D eigenvalue weighted by molar-refractivity contribution is -0.164. The summed E-state index contributed by atoms with van der Waals surface area (Å²) in [4.78, 5) is 25.8. The van der Waals surface area contributed by atoms with Crippen LogP contribution in [0, 0.1) is 11.6 Å². The molecule has 4 nitrogen and oxygen atoms in total. The standard InChI is InChI=1S/C17H19F5N2O2/c1-10(25)23(2)14-7-6-11(12-4-3-5-13(18)15(12)19)8-24(16(14)26)9-17(20,21)22/h3-5,11,14H,6-9H2,1-2H3. The molecule has 2 unspecified atom stereocenters. The zero-order valence-corrected chi connectivity index (χ0v) is 14.3. The van der Waals surface area contributed by atoms with Gasteiger partial charge in [-0.2, -0.15) is 13.2 Å². The molecule has 1 heterocycles. The first kappa shape index (κ1) is 20.1. The van der Waals surface area contributed by atoms with Crippen LogP contribution in [0.25, 0.3) is 0 Å². The number of likely N-dealkylation sites (tertiary alicyclic amines) is 1. The first-order valence-corrected chi connectivity index (χ1v) is 8.04. The first-order valence-electron chi connectivity index (χ1n) is 8.04. The average molecular weight is 378 g/mol. The van der Waals surface area contributed by atoms with Crippen LogP contribution in [0.5, 0.6) is 0 Å². The Hall–Kier alpha value is -2.19. The topological polar surface area (TPSA) is 40.6 Å². The van der Waals surface area contributed by atoms with E-state index in [0.29, 0.717) is 4.90 Å². The Kier molecular flexibility index (Phi) is 5.87. The van der Waals surface area contributed by atoms with Gasteiger partial charge in [0.2, 0.25) is 11.8 Å². The molecule has 9 heteroatoms. The van der Waals surface area contributed by atoms with E-state index < -0.39 is 54.7 Å². The minimum absolute atomic E-state index is 0.0594. The van der Waals surface area contributed by atoms with Gasteiger partial charge in [-0.1, -0.05) is 12.1 Å². The Morgan fingerprint density at radius 2 is 1.92 bits per heavy atom. The molecular weight excluding hydrogens is 359 g/mol. The third kappa shape index (κ3) is 4.50. The number of alkyl halides is 3. The van der Waals surface area contributed by atoms with Crippen molar-refractivity contribution in [2.24, 2.45) is 0 Å². The lowest BCUT2D eigenvalue weighted by Gasteiger charge is -2.30. The molecule has 1 aromatic rings. The predicted molar refractivity (Wildman–Crippen MR) is 83.2 cm³/mol. The summed E-state index contributed by atoms with van der Waals surface area (Å²) in [6, 6.07) is 2.42. The van der Waals surface area contributed by atoms with Gasteiger partial charge in [0, 0.05) is 26.4 Å². The summed E-state index contributed by atoms with van der Waals surface area (Å²) in [5.41, 5.74) is -0.0731. The first-order chi connectivity index (χ1) is 12.0. The number of hydrogen-bond acceptors (Lipinski definition) is 2. The maximum atomic E-state index is 14.1. The van der Waals surface area contributed by atoms with Gasteiger partial charge in [-0.25, -0.2) is 8.78 Å². The summed E-state index contributed by atoms with van der Waals surface area (Å²) >= 11 is 0. The van der Waals surface area contributed by atoms with Crippen LogP contribution >= 0.6 is 0 Å². The number of halogens is 5. The number of amides is 2. The van der Waals surface area contributed by atoms with Crippen molar-refractivity contribution in [3.8, 4) is 0 Å². The highest BCUT2D eigenvalue weighted by Gasteiger charge is 2.40. The van der Waals surface area contributed by atoms with Crippen LogP contribution in [-0.4, -0.2) is 54.0 Å². The fourth-order valence-electron chi connectivity index (χ4n) is 3.17. The number of carbonyl (C=O) groups is 2. The zero-order valence-electron chi connectivity index (χ0n) is 14.3. The van der Waals surface area contributed by atoms with E-state index in [-0.39, 0.29) is 18.4 Å². The molecular formula is C17H19F5N2O2. The highest BCUT2D eigenvalue weighted by Crippen LogP contribution is 2.32. The fourth-order valence-corrected chi connectivity index (χ4v) is 3.17. The average Bonchev–Trinajstić information content (AvgIpc) is 2.68. The molecule has 2 atom stereocenters. The van der Waals surface area contributed by atoms with Crippen molar-refractivity contribution in [1.29, 1.82) is 0 Å². The van der Waals surface area contributed by atoms with Gasteiger partial charge < -0.3 is 9.80 Å². The molecule has 2 rings (SSSR count). The normalized spacial score (nSPS) is 21.5. The Labute approximate surface area is 147 Å². The van der Waals surface area contributed by atoms with Crippen molar-refractivity contribution < 1.29 is 31.5 Å².